The number of hydrogen-bond acceptors (Lipinski definition) is 16. The molecule has 2 heterocycles. The first kappa shape index (κ1) is 47.5. The standard InChI is InChI=1S/C33H49IN14O11/c34-16-5-3-15(4-6-16)14-59-33(58)47-23-9-18(45-31(37)46-23)25-30(56)39-10-19(41-24(51)8-17(36)2-1-7-35)26(52)43-22(13-50)29(55)44-21(12-49)28(54)42-20(27(53)48-25)11-40-32(38)57/h3-6,11,17-19,21-23,25,49-50H,1-2,7-10,12-14,35-36H2,(H,39,56)(H,41,51)(H,42,54)(H,43,52)(H,44,55)(H,47,58)(H,48,53)(H3,37,45,46)(H3,38,40,57)/b20-11-/t17-,18?,19?,21+,22+,23?,25+/m0/s1. The monoisotopic (exact) mass is 944 g/mol. The van der Waals surface area contributed by atoms with Gasteiger partial charge in [-0.25, -0.2) is 14.6 Å². The Morgan fingerprint density at radius 3 is 2.25 bits per heavy atom. The zero-order valence-corrected chi connectivity index (χ0v) is 33.7. The number of carbonyl (C=O) groups excluding carboxylic acids is 8. The van der Waals surface area contributed by atoms with Crippen LogP contribution in [0, 0.1) is 3.57 Å². The number of alkyl carbamates (subject to hydrolysis) is 1. The van der Waals surface area contributed by atoms with Crippen LogP contribution in [0.15, 0.2) is 41.2 Å². The van der Waals surface area contributed by atoms with E-state index in [1.807, 2.05) is 17.4 Å². The number of rotatable bonds is 13. The largest absolute Gasteiger partial charge is 0.445 e. The number of hydrogen-bond donors (Lipinski definition) is 15. The van der Waals surface area contributed by atoms with Crippen molar-refractivity contribution in [2.75, 3.05) is 26.3 Å². The molecule has 1 fully saturated rings. The van der Waals surface area contributed by atoms with Gasteiger partial charge >= 0.3 is 12.1 Å². The van der Waals surface area contributed by atoms with E-state index in [0.29, 0.717) is 31.1 Å². The van der Waals surface area contributed by atoms with E-state index in [4.69, 9.17) is 27.7 Å². The van der Waals surface area contributed by atoms with Crippen LogP contribution in [0.2, 0.25) is 0 Å². The first-order chi connectivity index (χ1) is 28.0. The van der Waals surface area contributed by atoms with Crippen LogP contribution in [0.4, 0.5) is 9.59 Å². The van der Waals surface area contributed by atoms with E-state index in [2.05, 4.69) is 70.1 Å². The fraction of sp³-hybridized carbons (Fsp3) is 0.485. The van der Waals surface area contributed by atoms with Crippen LogP contribution in [-0.4, -0.2) is 132 Å². The summed E-state index contributed by atoms with van der Waals surface area (Å²) in [6.07, 6.45) is -0.990. The second kappa shape index (κ2) is 23.5. The molecule has 1 aromatic carbocycles. The van der Waals surface area contributed by atoms with Crippen molar-refractivity contribution in [2.24, 2.45) is 27.9 Å². The molecule has 3 rings (SSSR count). The molecule has 3 unspecified atom stereocenters. The van der Waals surface area contributed by atoms with E-state index in [0.717, 1.165) is 3.57 Å². The van der Waals surface area contributed by atoms with Gasteiger partial charge in [0.2, 0.25) is 29.5 Å². The van der Waals surface area contributed by atoms with Gasteiger partial charge in [-0.1, -0.05) is 12.1 Å². The lowest BCUT2D eigenvalue weighted by molar-refractivity contribution is -0.135. The Bertz CT molecular complexity index is 1770. The molecular weight excluding hydrogens is 895 g/mol. The normalized spacial score (nSPS) is 24.4. The van der Waals surface area contributed by atoms with Crippen LogP contribution in [-0.2, 0) is 40.1 Å². The van der Waals surface area contributed by atoms with Gasteiger partial charge in [0, 0.05) is 35.2 Å². The summed E-state index contributed by atoms with van der Waals surface area (Å²) in [6, 6.07) is -2.78. The van der Waals surface area contributed by atoms with Crippen LogP contribution >= 0.6 is 22.6 Å². The maximum atomic E-state index is 14.0. The summed E-state index contributed by atoms with van der Waals surface area (Å²) < 4.78 is 6.26. The molecule has 2 aliphatic rings. The molecule has 1 saturated heterocycles. The van der Waals surface area contributed by atoms with Gasteiger partial charge in [-0.2, -0.15) is 0 Å². The molecule has 2 aliphatic heterocycles. The number of nitrogens with one attached hydrogen (secondary N) is 9. The second-order valence-corrected chi connectivity index (χ2v) is 14.4. The van der Waals surface area contributed by atoms with E-state index < -0.39 is 115 Å². The number of primary amides is 1. The van der Waals surface area contributed by atoms with Crippen molar-refractivity contribution in [3.05, 3.63) is 45.3 Å². The number of aliphatic hydroxyl groups excluding tert-OH is 2. The van der Waals surface area contributed by atoms with Gasteiger partial charge in [0.05, 0.1) is 19.3 Å². The lowest BCUT2D eigenvalue weighted by Crippen LogP contribution is -2.65. The predicted molar refractivity (Wildman–Crippen MR) is 214 cm³/mol. The summed E-state index contributed by atoms with van der Waals surface area (Å²) in [5.74, 6) is -6.77. The summed E-state index contributed by atoms with van der Waals surface area (Å²) in [5.41, 5.74) is 22.7. The lowest BCUT2D eigenvalue weighted by atomic mass is 10.00. The van der Waals surface area contributed by atoms with Crippen molar-refractivity contribution < 1.29 is 53.3 Å². The Hall–Kier alpha value is -5.84. The van der Waals surface area contributed by atoms with Crippen molar-refractivity contribution in [2.45, 2.75) is 74.7 Å². The molecule has 7 atom stereocenters. The summed E-state index contributed by atoms with van der Waals surface area (Å²) in [6.45, 7) is -2.55. The summed E-state index contributed by atoms with van der Waals surface area (Å²) in [4.78, 5) is 109. The van der Waals surface area contributed by atoms with E-state index >= 15 is 0 Å². The van der Waals surface area contributed by atoms with E-state index in [1.165, 1.54) is 0 Å². The molecule has 25 nitrogen and oxygen atoms in total. The van der Waals surface area contributed by atoms with Gasteiger partial charge in [0.1, 0.15) is 42.6 Å². The number of aliphatic hydroxyl groups is 2. The van der Waals surface area contributed by atoms with Gasteiger partial charge in [0.15, 0.2) is 5.96 Å². The topological polar surface area (TPSA) is 411 Å². The van der Waals surface area contributed by atoms with Crippen LogP contribution in [0.3, 0.4) is 0 Å². The third-order valence-corrected chi connectivity index (χ3v) is 9.21. The van der Waals surface area contributed by atoms with Gasteiger partial charge < -0.3 is 80.4 Å². The third kappa shape index (κ3) is 15.8. The Kier molecular flexibility index (Phi) is 19.0. The Balaban J connectivity index is 1.98. The quantitative estimate of drug-likeness (QED) is 0.0646. The summed E-state index contributed by atoms with van der Waals surface area (Å²) in [5, 5.41) is 40.9. The van der Waals surface area contributed by atoms with Gasteiger partial charge in [-0.15, -0.1) is 0 Å². The molecule has 324 valence electrons. The molecule has 26 heteroatoms. The average molecular weight is 945 g/mol. The fourth-order valence-electron chi connectivity index (χ4n) is 5.48. The maximum Gasteiger partial charge on any atom is 0.409 e. The van der Waals surface area contributed by atoms with Crippen LogP contribution in [0.25, 0.3) is 0 Å². The third-order valence-electron chi connectivity index (χ3n) is 8.50. The number of carbonyl (C=O) groups is 8. The Morgan fingerprint density at radius 1 is 0.949 bits per heavy atom. The number of nitrogens with zero attached hydrogens (tertiary/aromatic N) is 1. The summed E-state index contributed by atoms with van der Waals surface area (Å²) >= 11 is 2.12. The molecule has 59 heavy (non-hydrogen) atoms. The van der Waals surface area contributed by atoms with Crippen molar-refractivity contribution in [3.8, 4) is 0 Å². The van der Waals surface area contributed by atoms with Crippen LogP contribution in [0.1, 0.15) is 31.2 Å². The molecule has 0 aromatic heterocycles. The smallest absolute Gasteiger partial charge is 0.409 e. The number of guanidine groups is 1. The Morgan fingerprint density at radius 2 is 1.61 bits per heavy atom. The molecule has 9 amide bonds. The first-order valence-corrected chi connectivity index (χ1v) is 19.1. The van der Waals surface area contributed by atoms with Crippen LogP contribution in [0.5, 0.6) is 0 Å². The number of benzene rings is 1. The lowest BCUT2D eigenvalue weighted by Gasteiger charge is -2.34. The zero-order valence-electron chi connectivity index (χ0n) is 31.5. The minimum absolute atomic E-state index is 0.0948. The first-order valence-electron chi connectivity index (χ1n) is 18.0. The molecule has 0 aliphatic carbocycles. The number of halogens is 1. The number of nitrogens with two attached hydrogens (primary N) is 4. The number of amides is 9. The van der Waals surface area contributed by atoms with Gasteiger partial charge in [-0.05, 0) is 59.7 Å². The fourth-order valence-corrected chi connectivity index (χ4v) is 5.84. The van der Waals surface area contributed by atoms with Crippen molar-refractivity contribution >= 4 is 76.1 Å². The molecule has 0 radical (unpaired) electrons. The number of urea groups is 1. The van der Waals surface area contributed by atoms with Crippen LogP contribution < -0.4 is 70.8 Å². The zero-order chi connectivity index (χ0) is 43.6. The SMILES string of the molecule is NCCC[C@H](N)CC(=O)NC1CNC(=O)[C@@H](C2CC(NC(=O)OCc3ccc(I)cc3)N=C(N)N2)NC(=O)/C(=C/NC(N)=O)NC(=O)[C@@H](CO)NC(=O)[C@@H](CO)NC1=O. The second-order valence-electron chi connectivity index (χ2n) is 13.1. The molecular formula is C33H49IN14O11. The minimum atomic E-state index is -1.82. The number of ether oxygens (including phenoxy) is 1. The predicted octanol–water partition coefficient (Wildman–Crippen LogP) is -6.34. The van der Waals surface area contributed by atoms with E-state index in [9.17, 15) is 48.6 Å². The highest BCUT2D eigenvalue weighted by atomic mass is 127. The minimum Gasteiger partial charge on any atom is -0.445 e. The number of aliphatic imine (C=N–C) groups is 1. The average Bonchev–Trinajstić information content (AvgIpc) is 3.18. The molecule has 1 aromatic rings. The van der Waals surface area contributed by atoms with Crippen molar-refractivity contribution in [1.29, 1.82) is 0 Å². The highest BCUT2D eigenvalue weighted by Gasteiger charge is 2.38. The molecule has 0 spiro atoms. The maximum absolute atomic E-state index is 14.0. The highest BCUT2D eigenvalue weighted by molar-refractivity contribution is 14.1. The molecule has 19 N–H and O–H groups in total. The molecule has 0 saturated carbocycles. The van der Waals surface area contributed by atoms with E-state index in [-0.39, 0.29) is 25.4 Å². The van der Waals surface area contributed by atoms with Gasteiger partial charge in [0.25, 0.3) is 5.91 Å². The van der Waals surface area contributed by atoms with Gasteiger partial charge in [-0.3, -0.25) is 34.1 Å². The van der Waals surface area contributed by atoms with Crippen molar-refractivity contribution in [3.63, 3.8) is 0 Å². The Labute approximate surface area is 350 Å². The van der Waals surface area contributed by atoms with Crippen molar-refractivity contribution in [1.82, 2.24) is 47.9 Å². The summed E-state index contributed by atoms with van der Waals surface area (Å²) in [7, 11) is 0. The molecule has 0 bridgehead atoms. The van der Waals surface area contributed by atoms with E-state index in [1.54, 1.807) is 12.1 Å². The highest BCUT2D eigenvalue weighted by Crippen LogP contribution is 2.13.